The maximum absolute atomic E-state index is 12.8. The van der Waals surface area contributed by atoms with Crippen molar-refractivity contribution in [2.45, 2.75) is 19.9 Å². The predicted octanol–water partition coefficient (Wildman–Crippen LogP) is 3.50. The third-order valence-electron chi connectivity index (χ3n) is 4.52. The third-order valence-corrected chi connectivity index (χ3v) is 4.52. The zero-order valence-electron chi connectivity index (χ0n) is 15.9. The van der Waals surface area contributed by atoms with Gasteiger partial charge in [0, 0.05) is 11.6 Å². The molecule has 28 heavy (non-hydrogen) atoms. The van der Waals surface area contributed by atoms with Crippen molar-refractivity contribution in [3.8, 4) is 17.2 Å². The number of carbonyl (C=O) groups excluding carboxylic acids is 1. The Kier molecular flexibility index (Phi) is 5.67. The van der Waals surface area contributed by atoms with E-state index >= 15 is 0 Å². The molecule has 1 heterocycles. The van der Waals surface area contributed by atoms with Crippen LogP contribution in [0.15, 0.2) is 36.4 Å². The first-order chi connectivity index (χ1) is 13.4. The van der Waals surface area contributed by atoms with Crippen LogP contribution >= 0.6 is 0 Å². The lowest BCUT2D eigenvalue weighted by Crippen LogP contribution is -2.32. The largest absolute Gasteiger partial charge is 0.490 e. The van der Waals surface area contributed by atoms with Crippen molar-refractivity contribution in [2.75, 3.05) is 20.3 Å². The number of hydrogen-bond donors (Lipinski definition) is 1. The van der Waals surface area contributed by atoms with Crippen LogP contribution in [-0.2, 0) is 0 Å². The molecule has 1 amide bonds. The molecule has 0 aromatic heterocycles. The number of nitrogens with one attached hydrogen (secondary N) is 1. The van der Waals surface area contributed by atoms with Crippen LogP contribution < -0.4 is 19.5 Å². The minimum absolute atomic E-state index is 0.0831. The summed E-state index contributed by atoms with van der Waals surface area (Å²) in [5.41, 5.74) is 0.807. The van der Waals surface area contributed by atoms with Crippen molar-refractivity contribution < 1.29 is 23.9 Å². The molecule has 148 valence electrons. The second-order valence-corrected chi connectivity index (χ2v) is 6.74. The SMILES string of the molecule is COc1ccc(C(=O)NC(c2ccc3c(c2)OCCO3)C(C)C)cc1[N+](=O)[O-]. The zero-order chi connectivity index (χ0) is 20.3. The summed E-state index contributed by atoms with van der Waals surface area (Å²) in [5, 5.41) is 14.2. The number of fused-ring (bicyclic) bond motifs is 1. The fourth-order valence-corrected chi connectivity index (χ4v) is 3.09. The molecule has 1 atom stereocenters. The molecule has 2 aromatic rings. The van der Waals surface area contributed by atoms with Gasteiger partial charge in [0.05, 0.1) is 18.1 Å². The summed E-state index contributed by atoms with van der Waals surface area (Å²) < 4.78 is 16.1. The quantitative estimate of drug-likeness (QED) is 0.602. The number of methoxy groups -OCH3 is 1. The van der Waals surface area contributed by atoms with E-state index < -0.39 is 10.8 Å². The lowest BCUT2D eigenvalue weighted by Gasteiger charge is -2.25. The average Bonchev–Trinajstić information content (AvgIpc) is 2.70. The molecule has 1 unspecified atom stereocenters. The van der Waals surface area contributed by atoms with Crippen LogP contribution in [0.5, 0.6) is 17.2 Å². The second-order valence-electron chi connectivity index (χ2n) is 6.74. The van der Waals surface area contributed by atoms with Gasteiger partial charge in [0.1, 0.15) is 13.2 Å². The molecular weight excluding hydrogens is 364 g/mol. The van der Waals surface area contributed by atoms with Gasteiger partial charge in [0.25, 0.3) is 5.91 Å². The van der Waals surface area contributed by atoms with Crippen molar-refractivity contribution in [1.29, 1.82) is 0 Å². The molecule has 0 aliphatic carbocycles. The van der Waals surface area contributed by atoms with Gasteiger partial charge >= 0.3 is 5.69 Å². The highest BCUT2D eigenvalue weighted by atomic mass is 16.6. The van der Waals surface area contributed by atoms with E-state index in [-0.39, 0.29) is 29.0 Å². The molecule has 2 aromatic carbocycles. The molecular formula is C20H22N2O6. The molecule has 0 radical (unpaired) electrons. The van der Waals surface area contributed by atoms with Gasteiger partial charge in [0.2, 0.25) is 0 Å². The van der Waals surface area contributed by atoms with E-state index in [0.29, 0.717) is 24.7 Å². The molecule has 8 nitrogen and oxygen atoms in total. The van der Waals surface area contributed by atoms with Crippen LogP contribution in [0.3, 0.4) is 0 Å². The van der Waals surface area contributed by atoms with E-state index in [1.165, 1.54) is 25.3 Å². The highest BCUT2D eigenvalue weighted by Gasteiger charge is 2.24. The Labute approximate surface area is 162 Å². The molecule has 1 N–H and O–H groups in total. The maximum atomic E-state index is 12.8. The maximum Gasteiger partial charge on any atom is 0.311 e. The van der Waals surface area contributed by atoms with Crippen LogP contribution in [-0.4, -0.2) is 31.2 Å². The molecule has 0 bridgehead atoms. The average molecular weight is 386 g/mol. The van der Waals surface area contributed by atoms with E-state index in [0.717, 1.165) is 5.56 Å². The number of rotatable bonds is 6. The predicted molar refractivity (Wildman–Crippen MR) is 102 cm³/mol. The van der Waals surface area contributed by atoms with Gasteiger partial charge in [-0.05, 0) is 35.7 Å². The summed E-state index contributed by atoms with van der Waals surface area (Å²) in [6, 6.07) is 9.40. The number of nitrogens with zero attached hydrogens (tertiary/aromatic N) is 1. The Hall–Kier alpha value is -3.29. The van der Waals surface area contributed by atoms with Crippen LogP contribution in [0.2, 0.25) is 0 Å². The smallest absolute Gasteiger partial charge is 0.311 e. The molecule has 0 saturated heterocycles. The van der Waals surface area contributed by atoms with E-state index in [2.05, 4.69) is 5.32 Å². The Balaban J connectivity index is 1.86. The van der Waals surface area contributed by atoms with Gasteiger partial charge in [-0.2, -0.15) is 0 Å². The number of hydrogen-bond acceptors (Lipinski definition) is 6. The third kappa shape index (κ3) is 4.00. The van der Waals surface area contributed by atoms with Crippen molar-refractivity contribution >= 4 is 11.6 Å². The zero-order valence-corrected chi connectivity index (χ0v) is 15.9. The van der Waals surface area contributed by atoms with Crippen LogP contribution in [0.4, 0.5) is 5.69 Å². The van der Waals surface area contributed by atoms with E-state index in [4.69, 9.17) is 14.2 Å². The Morgan fingerprint density at radius 1 is 1.14 bits per heavy atom. The number of nitro benzene ring substituents is 1. The summed E-state index contributed by atoms with van der Waals surface area (Å²) in [6.07, 6.45) is 0. The summed E-state index contributed by atoms with van der Waals surface area (Å²) in [4.78, 5) is 23.4. The van der Waals surface area contributed by atoms with E-state index in [9.17, 15) is 14.9 Å². The Bertz CT molecular complexity index is 896. The summed E-state index contributed by atoms with van der Waals surface area (Å²) in [6.45, 7) is 4.95. The number of benzene rings is 2. The van der Waals surface area contributed by atoms with Gasteiger partial charge < -0.3 is 19.5 Å². The number of nitro groups is 1. The van der Waals surface area contributed by atoms with Gasteiger partial charge in [0.15, 0.2) is 17.2 Å². The summed E-state index contributed by atoms with van der Waals surface area (Å²) >= 11 is 0. The van der Waals surface area contributed by atoms with Crippen LogP contribution in [0, 0.1) is 16.0 Å². The van der Waals surface area contributed by atoms with Gasteiger partial charge in [-0.25, -0.2) is 0 Å². The van der Waals surface area contributed by atoms with Gasteiger partial charge in [-0.15, -0.1) is 0 Å². The van der Waals surface area contributed by atoms with Crippen molar-refractivity contribution in [3.05, 3.63) is 57.6 Å². The van der Waals surface area contributed by atoms with Crippen LogP contribution in [0.25, 0.3) is 0 Å². The van der Waals surface area contributed by atoms with Gasteiger partial charge in [-0.1, -0.05) is 19.9 Å². The van der Waals surface area contributed by atoms with Crippen molar-refractivity contribution in [3.63, 3.8) is 0 Å². The number of amides is 1. The minimum Gasteiger partial charge on any atom is -0.490 e. The fourth-order valence-electron chi connectivity index (χ4n) is 3.09. The number of carbonyl (C=O) groups is 1. The Morgan fingerprint density at radius 2 is 1.86 bits per heavy atom. The number of ether oxygens (including phenoxy) is 3. The molecule has 8 heteroatoms. The first-order valence-electron chi connectivity index (χ1n) is 8.93. The molecule has 0 saturated carbocycles. The highest BCUT2D eigenvalue weighted by molar-refractivity contribution is 5.95. The molecule has 3 rings (SSSR count). The Morgan fingerprint density at radius 3 is 2.50 bits per heavy atom. The lowest BCUT2D eigenvalue weighted by atomic mass is 9.95. The summed E-state index contributed by atoms with van der Waals surface area (Å²) in [5.74, 6) is 1.10. The van der Waals surface area contributed by atoms with Crippen LogP contribution in [0.1, 0.15) is 35.8 Å². The molecule has 0 fully saturated rings. The molecule has 0 spiro atoms. The van der Waals surface area contributed by atoms with E-state index in [1.54, 1.807) is 0 Å². The molecule has 1 aliphatic rings. The molecule has 1 aliphatic heterocycles. The topological polar surface area (TPSA) is 99.9 Å². The summed E-state index contributed by atoms with van der Waals surface area (Å²) in [7, 11) is 1.35. The first-order valence-corrected chi connectivity index (χ1v) is 8.93. The van der Waals surface area contributed by atoms with Crippen molar-refractivity contribution in [1.82, 2.24) is 5.32 Å². The standard InChI is InChI=1S/C20H22N2O6/c1-12(2)19(13-4-7-17-18(11-13)28-9-8-27-17)21-20(23)14-5-6-16(26-3)15(10-14)22(24)25/h4-7,10-12,19H,8-9H2,1-3H3,(H,21,23). The highest BCUT2D eigenvalue weighted by Crippen LogP contribution is 2.35. The second kappa shape index (κ2) is 8.16. The normalized spacial score (nSPS) is 13.7. The van der Waals surface area contributed by atoms with Crippen molar-refractivity contribution in [2.24, 2.45) is 5.92 Å². The lowest BCUT2D eigenvalue weighted by molar-refractivity contribution is -0.385. The van der Waals surface area contributed by atoms with E-state index in [1.807, 2.05) is 32.0 Å². The minimum atomic E-state index is -0.573. The van der Waals surface area contributed by atoms with Gasteiger partial charge in [-0.3, -0.25) is 14.9 Å². The monoisotopic (exact) mass is 386 g/mol. The fraction of sp³-hybridized carbons (Fsp3) is 0.350. The first kappa shape index (κ1) is 19.5.